The highest BCUT2D eigenvalue weighted by molar-refractivity contribution is 7.13. The summed E-state index contributed by atoms with van der Waals surface area (Å²) in [6.07, 6.45) is 4.35. The molecule has 1 fully saturated rings. The molecule has 0 atom stereocenters. The first-order chi connectivity index (χ1) is 15.6. The zero-order valence-corrected chi connectivity index (χ0v) is 19.4. The van der Waals surface area contributed by atoms with E-state index in [1.807, 2.05) is 40.6 Å². The van der Waals surface area contributed by atoms with Gasteiger partial charge in [0.05, 0.1) is 24.2 Å². The normalized spacial score (nSPS) is 14.8. The maximum absolute atomic E-state index is 12.9. The number of aromatic amines is 1. The average Bonchev–Trinajstić information content (AvgIpc) is 3.46. The number of ether oxygens (including phenoxy) is 1. The van der Waals surface area contributed by atoms with Crippen LogP contribution in [0.25, 0.3) is 21.5 Å². The number of amides is 1. The van der Waals surface area contributed by atoms with Gasteiger partial charge in [-0.15, -0.1) is 11.3 Å². The van der Waals surface area contributed by atoms with Crippen LogP contribution in [-0.4, -0.2) is 41.0 Å². The standard InChI is InChI=1S/C25H24ClN3O2S/c1-31-18-6-7-23-20(13-18)21(14-27-23)16-8-10-29(11-9-16)24(30)12-17-15-32-25(28-17)19-4-2-3-5-22(19)26/h2-7,13-16,27H,8-12H2,1H3. The van der Waals surface area contributed by atoms with Crippen LogP contribution in [0.5, 0.6) is 5.75 Å². The minimum Gasteiger partial charge on any atom is -0.497 e. The average molecular weight is 466 g/mol. The number of benzene rings is 2. The van der Waals surface area contributed by atoms with Gasteiger partial charge in [0.25, 0.3) is 0 Å². The zero-order chi connectivity index (χ0) is 22.1. The van der Waals surface area contributed by atoms with Gasteiger partial charge in [-0.3, -0.25) is 4.79 Å². The van der Waals surface area contributed by atoms with E-state index in [0.717, 1.165) is 53.5 Å². The van der Waals surface area contributed by atoms with Gasteiger partial charge in [-0.05, 0) is 48.6 Å². The van der Waals surface area contributed by atoms with Crippen LogP contribution in [0.4, 0.5) is 0 Å². The summed E-state index contributed by atoms with van der Waals surface area (Å²) in [5.74, 6) is 1.44. The number of thiazole rings is 1. The fourth-order valence-corrected chi connectivity index (χ4v) is 5.58. The lowest BCUT2D eigenvalue weighted by molar-refractivity contribution is -0.131. The van der Waals surface area contributed by atoms with Gasteiger partial charge >= 0.3 is 0 Å². The Morgan fingerprint density at radius 1 is 1.25 bits per heavy atom. The third-order valence-corrected chi connectivity index (χ3v) is 7.45. The number of piperidine rings is 1. The number of aromatic nitrogens is 2. The van der Waals surface area contributed by atoms with Crippen LogP contribution >= 0.6 is 22.9 Å². The highest BCUT2D eigenvalue weighted by Gasteiger charge is 2.26. The number of nitrogens with zero attached hydrogens (tertiary/aromatic N) is 2. The maximum Gasteiger partial charge on any atom is 0.228 e. The van der Waals surface area contributed by atoms with Crippen molar-refractivity contribution in [2.45, 2.75) is 25.2 Å². The lowest BCUT2D eigenvalue weighted by Gasteiger charge is -2.32. The molecule has 1 aliphatic rings. The third-order valence-electron chi connectivity index (χ3n) is 6.20. The smallest absolute Gasteiger partial charge is 0.228 e. The molecule has 0 unspecified atom stereocenters. The van der Waals surface area contributed by atoms with Gasteiger partial charge in [0, 0.05) is 41.1 Å². The third kappa shape index (κ3) is 4.12. The van der Waals surface area contributed by atoms with E-state index in [-0.39, 0.29) is 5.91 Å². The molecule has 1 amide bonds. The van der Waals surface area contributed by atoms with Crippen LogP contribution in [0.1, 0.15) is 30.0 Å². The molecule has 4 aromatic rings. The second-order valence-corrected chi connectivity index (χ2v) is 9.38. The number of hydrogen-bond donors (Lipinski definition) is 1. The summed E-state index contributed by atoms with van der Waals surface area (Å²) in [7, 11) is 1.69. The predicted molar refractivity (Wildman–Crippen MR) is 130 cm³/mol. The van der Waals surface area contributed by atoms with E-state index in [9.17, 15) is 4.79 Å². The lowest BCUT2D eigenvalue weighted by Crippen LogP contribution is -2.38. The number of H-pyrrole nitrogens is 1. The Labute approximate surface area is 196 Å². The molecule has 7 heteroatoms. The number of likely N-dealkylation sites (tertiary alicyclic amines) is 1. The predicted octanol–water partition coefficient (Wildman–Crippen LogP) is 5.90. The van der Waals surface area contributed by atoms with Crippen molar-refractivity contribution in [2.24, 2.45) is 0 Å². The first-order valence-corrected chi connectivity index (χ1v) is 12.0. The molecule has 2 aromatic carbocycles. The number of nitrogens with one attached hydrogen (secondary N) is 1. The van der Waals surface area contributed by atoms with Crippen LogP contribution in [-0.2, 0) is 11.2 Å². The highest BCUT2D eigenvalue weighted by Crippen LogP contribution is 2.35. The fourth-order valence-electron chi connectivity index (χ4n) is 4.44. The molecule has 0 radical (unpaired) electrons. The monoisotopic (exact) mass is 465 g/mol. The van der Waals surface area contributed by atoms with Crippen molar-refractivity contribution >= 4 is 39.7 Å². The SMILES string of the molecule is COc1ccc2[nH]cc(C3CCN(C(=O)Cc4csc(-c5ccccc5Cl)n4)CC3)c2c1. The first kappa shape index (κ1) is 21.0. The van der Waals surface area contributed by atoms with Crippen LogP contribution in [0.2, 0.25) is 5.02 Å². The van der Waals surface area contributed by atoms with Crippen molar-refractivity contribution in [3.8, 4) is 16.3 Å². The summed E-state index contributed by atoms with van der Waals surface area (Å²) in [5, 5.41) is 4.70. The Kier molecular flexibility index (Phi) is 5.89. The van der Waals surface area contributed by atoms with Crippen molar-refractivity contribution in [2.75, 3.05) is 20.2 Å². The lowest BCUT2D eigenvalue weighted by atomic mass is 9.89. The number of fused-ring (bicyclic) bond motifs is 1. The molecule has 3 heterocycles. The number of rotatable bonds is 5. The molecular weight excluding hydrogens is 442 g/mol. The van der Waals surface area contributed by atoms with Crippen molar-refractivity contribution in [1.82, 2.24) is 14.9 Å². The molecule has 5 nitrogen and oxygen atoms in total. The Balaban J connectivity index is 1.22. The Hall–Kier alpha value is -2.83. The summed E-state index contributed by atoms with van der Waals surface area (Å²) in [6.45, 7) is 1.53. The van der Waals surface area contributed by atoms with E-state index in [1.165, 1.54) is 22.3 Å². The molecule has 1 N–H and O–H groups in total. The van der Waals surface area contributed by atoms with Gasteiger partial charge in [-0.25, -0.2) is 4.98 Å². The second-order valence-electron chi connectivity index (χ2n) is 8.11. The van der Waals surface area contributed by atoms with Crippen LogP contribution in [0.15, 0.2) is 54.0 Å². The van der Waals surface area contributed by atoms with Gasteiger partial charge in [-0.1, -0.05) is 29.8 Å². The quantitative estimate of drug-likeness (QED) is 0.399. The van der Waals surface area contributed by atoms with Gasteiger partial charge in [0.1, 0.15) is 10.8 Å². The molecule has 0 saturated carbocycles. The van der Waals surface area contributed by atoms with Crippen LogP contribution in [0.3, 0.4) is 0 Å². The van der Waals surface area contributed by atoms with Crippen molar-refractivity contribution in [3.63, 3.8) is 0 Å². The molecule has 0 aliphatic carbocycles. The largest absolute Gasteiger partial charge is 0.497 e. The van der Waals surface area contributed by atoms with Gasteiger partial charge < -0.3 is 14.6 Å². The van der Waals surface area contributed by atoms with E-state index in [2.05, 4.69) is 28.3 Å². The molecule has 1 aliphatic heterocycles. The van der Waals surface area contributed by atoms with Crippen molar-refractivity contribution < 1.29 is 9.53 Å². The van der Waals surface area contributed by atoms with Crippen molar-refractivity contribution in [3.05, 3.63) is 70.3 Å². The van der Waals surface area contributed by atoms with E-state index in [1.54, 1.807) is 7.11 Å². The molecule has 164 valence electrons. The number of methoxy groups -OCH3 is 1. The Bertz CT molecular complexity index is 1260. The Morgan fingerprint density at radius 3 is 2.84 bits per heavy atom. The van der Waals surface area contributed by atoms with Crippen LogP contribution in [0, 0.1) is 0 Å². The topological polar surface area (TPSA) is 58.2 Å². The molecule has 2 aromatic heterocycles. The molecule has 1 saturated heterocycles. The zero-order valence-electron chi connectivity index (χ0n) is 17.8. The number of carbonyl (C=O) groups is 1. The van der Waals surface area contributed by atoms with Gasteiger partial charge in [0.2, 0.25) is 5.91 Å². The molecule has 32 heavy (non-hydrogen) atoms. The van der Waals surface area contributed by atoms with E-state index in [4.69, 9.17) is 16.3 Å². The van der Waals surface area contributed by atoms with Gasteiger partial charge in [-0.2, -0.15) is 0 Å². The summed E-state index contributed by atoms with van der Waals surface area (Å²) < 4.78 is 5.40. The van der Waals surface area contributed by atoms with Crippen molar-refractivity contribution in [1.29, 1.82) is 0 Å². The first-order valence-electron chi connectivity index (χ1n) is 10.7. The highest BCUT2D eigenvalue weighted by atomic mass is 35.5. The number of hydrogen-bond acceptors (Lipinski definition) is 4. The summed E-state index contributed by atoms with van der Waals surface area (Å²) in [5.41, 5.74) is 4.15. The summed E-state index contributed by atoms with van der Waals surface area (Å²) >= 11 is 7.82. The molecular formula is C25H24ClN3O2S. The fraction of sp³-hybridized carbons (Fsp3) is 0.280. The minimum atomic E-state index is 0.139. The second kappa shape index (κ2) is 8.96. The summed E-state index contributed by atoms with van der Waals surface area (Å²) in [4.78, 5) is 22.9. The van der Waals surface area contributed by atoms with E-state index in [0.29, 0.717) is 17.4 Å². The van der Waals surface area contributed by atoms with E-state index >= 15 is 0 Å². The number of carbonyl (C=O) groups excluding carboxylic acids is 1. The van der Waals surface area contributed by atoms with Crippen LogP contribution < -0.4 is 4.74 Å². The molecule has 0 spiro atoms. The van der Waals surface area contributed by atoms with Gasteiger partial charge in [0.15, 0.2) is 0 Å². The maximum atomic E-state index is 12.9. The Morgan fingerprint density at radius 2 is 2.06 bits per heavy atom. The minimum absolute atomic E-state index is 0.139. The summed E-state index contributed by atoms with van der Waals surface area (Å²) in [6, 6.07) is 13.8. The number of halogens is 1. The molecule has 5 rings (SSSR count). The van der Waals surface area contributed by atoms with E-state index < -0.39 is 0 Å². The molecule has 0 bridgehead atoms.